The molecule has 2 heterocycles. The normalized spacial score (nSPS) is 15.7. The minimum absolute atomic E-state index is 0.111. The number of amides is 1. The number of carbonyl (C=O) groups is 2. The van der Waals surface area contributed by atoms with Crippen LogP contribution in [0.25, 0.3) is 10.9 Å². The van der Waals surface area contributed by atoms with Gasteiger partial charge in [0, 0.05) is 30.3 Å². The molecule has 1 atom stereocenters. The summed E-state index contributed by atoms with van der Waals surface area (Å²) in [6.45, 7) is 1.90. The van der Waals surface area contributed by atoms with Crippen molar-refractivity contribution in [2.45, 2.75) is 32.0 Å². The molecule has 0 bridgehead atoms. The lowest BCUT2D eigenvalue weighted by molar-refractivity contribution is -0.121. The predicted octanol–water partition coefficient (Wildman–Crippen LogP) is 3.30. The maximum atomic E-state index is 12.5. The van der Waals surface area contributed by atoms with Crippen LogP contribution in [0.1, 0.15) is 28.8 Å². The Morgan fingerprint density at radius 2 is 1.97 bits per heavy atom. The Kier molecular flexibility index (Phi) is 6.52. The summed E-state index contributed by atoms with van der Waals surface area (Å²) in [6.07, 6.45) is 3.98. The number of carbonyl (C=O) groups excluding carboxylic acids is 2. The molecule has 1 aliphatic heterocycles. The number of nitrogens with one attached hydrogen (secondary N) is 1. The highest BCUT2D eigenvalue weighted by Crippen LogP contribution is 2.22. The quantitative estimate of drug-likeness (QED) is 0.564. The van der Waals surface area contributed by atoms with E-state index < -0.39 is 5.97 Å². The van der Waals surface area contributed by atoms with E-state index in [1.54, 1.807) is 10.8 Å². The first kappa shape index (κ1) is 20.9. The van der Waals surface area contributed by atoms with Crippen molar-refractivity contribution in [1.82, 2.24) is 9.88 Å². The highest BCUT2D eigenvalue weighted by Gasteiger charge is 2.17. The van der Waals surface area contributed by atoms with Gasteiger partial charge in [-0.15, -0.1) is 0 Å². The number of hydrogen-bond donors (Lipinski definition) is 1. The number of rotatable bonds is 8. The van der Waals surface area contributed by atoms with E-state index in [1.165, 1.54) is 7.11 Å². The van der Waals surface area contributed by atoms with Crippen LogP contribution in [0.15, 0.2) is 54.7 Å². The largest absolute Gasteiger partial charge is 0.491 e. The Hall–Kier alpha value is -3.32. The molecular weight excluding hydrogens is 396 g/mol. The van der Waals surface area contributed by atoms with E-state index in [9.17, 15) is 9.59 Å². The van der Waals surface area contributed by atoms with Crippen LogP contribution in [0.4, 0.5) is 0 Å². The van der Waals surface area contributed by atoms with E-state index in [1.807, 2.05) is 48.5 Å². The second-order valence-electron chi connectivity index (χ2n) is 7.55. The second-order valence-corrected chi connectivity index (χ2v) is 7.55. The van der Waals surface area contributed by atoms with Gasteiger partial charge in [-0.05, 0) is 36.6 Å². The lowest BCUT2D eigenvalue weighted by Gasteiger charge is -2.12. The zero-order valence-corrected chi connectivity index (χ0v) is 17.5. The molecule has 4 rings (SSSR count). The molecule has 1 N–H and O–H groups in total. The molecule has 0 aliphatic carbocycles. The summed E-state index contributed by atoms with van der Waals surface area (Å²) in [5, 5.41) is 3.69. The first-order chi connectivity index (χ1) is 15.1. The monoisotopic (exact) mass is 422 g/mol. The van der Waals surface area contributed by atoms with E-state index in [0.717, 1.165) is 41.7 Å². The highest BCUT2D eigenvalue weighted by molar-refractivity contribution is 6.04. The van der Waals surface area contributed by atoms with Crippen molar-refractivity contribution >= 4 is 22.8 Å². The summed E-state index contributed by atoms with van der Waals surface area (Å²) >= 11 is 0. The molecule has 0 radical (unpaired) electrons. The van der Waals surface area contributed by atoms with E-state index >= 15 is 0 Å². The average Bonchev–Trinajstić information content (AvgIpc) is 3.45. The van der Waals surface area contributed by atoms with Crippen molar-refractivity contribution in [3.05, 3.63) is 65.9 Å². The fraction of sp³-hybridized carbons (Fsp3) is 0.333. The number of aromatic nitrogens is 1. The molecule has 162 valence electrons. The van der Waals surface area contributed by atoms with Gasteiger partial charge in [0.15, 0.2) is 0 Å². The summed E-state index contributed by atoms with van der Waals surface area (Å²) < 4.78 is 17.9. The molecular formula is C24H26N2O5. The molecule has 2 aromatic carbocycles. The number of ether oxygens (including phenoxy) is 3. The molecule has 1 aromatic heterocycles. The molecule has 7 nitrogen and oxygen atoms in total. The zero-order chi connectivity index (χ0) is 21.6. The van der Waals surface area contributed by atoms with Crippen molar-refractivity contribution in [2.24, 2.45) is 0 Å². The second kappa shape index (κ2) is 9.66. The maximum absolute atomic E-state index is 12.5. The van der Waals surface area contributed by atoms with Crippen LogP contribution in [0.3, 0.4) is 0 Å². The van der Waals surface area contributed by atoms with E-state index in [0.29, 0.717) is 18.7 Å². The molecule has 1 aliphatic rings. The van der Waals surface area contributed by atoms with Crippen molar-refractivity contribution < 1.29 is 23.8 Å². The van der Waals surface area contributed by atoms with Crippen LogP contribution in [-0.2, 0) is 27.4 Å². The highest BCUT2D eigenvalue weighted by atomic mass is 16.5. The van der Waals surface area contributed by atoms with Crippen LogP contribution in [0, 0.1) is 0 Å². The minimum Gasteiger partial charge on any atom is -0.491 e. The maximum Gasteiger partial charge on any atom is 0.340 e. The summed E-state index contributed by atoms with van der Waals surface area (Å²) in [5.74, 6) is 0.229. The fourth-order valence-electron chi connectivity index (χ4n) is 3.73. The van der Waals surface area contributed by atoms with Gasteiger partial charge in [-0.3, -0.25) is 4.79 Å². The third kappa shape index (κ3) is 5.06. The Morgan fingerprint density at radius 3 is 2.71 bits per heavy atom. The van der Waals surface area contributed by atoms with Gasteiger partial charge in [-0.2, -0.15) is 0 Å². The predicted molar refractivity (Wildman–Crippen MR) is 116 cm³/mol. The van der Waals surface area contributed by atoms with Gasteiger partial charge < -0.3 is 24.1 Å². The summed E-state index contributed by atoms with van der Waals surface area (Å²) in [7, 11) is 1.35. The van der Waals surface area contributed by atoms with Crippen molar-refractivity contribution in [3.63, 3.8) is 0 Å². The van der Waals surface area contributed by atoms with Crippen molar-refractivity contribution in [2.75, 3.05) is 20.3 Å². The Labute approximate surface area is 180 Å². The van der Waals surface area contributed by atoms with Gasteiger partial charge in [-0.25, -0.2) is 4.79 Å². The number of nitrogens with zero attached hydrogens (tertiary/aromatic N) is 1. The van der Waals surface area contributed by atoms with Gasteiger partial charge in [0.25, 0.3) is 0 Å². The molecule has 0 saturated carbocycles. The number of esters is 1. The van der Waals surface area contributed by atoms with Crippen LogP contribution in [0.5, 0.6) is 5.75 Å². The number of hydrogen-bond acceptors (Lipinski definition) is 5. The third-order valence-electron chi connectivity index (χ3n) is 5.38. The van der Waals surface area contributed by atoms with Crippen LogP contribution in [-0.4, -0.2) is 42.9 Å². The molecule has 1 fully saturated rings. The standard InChI is InChI=1S/C24H26N2O5/c1-29-24(28)21-14-26(22-7-3-2-6-20(21)22)15-23(27)25-13-17-8-10-18(11-9-17)31-16-19-5-4-12-30-19/h2-3,6-11,14,19H,4-5,12-13,15-16H2,1H3,(H,25,27). The molecule has 1 saturated heterocycles. The first-order valence-corrected chi connectivity index (χ1v) is 10.4. The van der Waals surface area contributed by atoms with E-state index in [2.05, 4.69) is 5.32 Å². The Morgan fingerprint density at radius 1 is 1.16 bits per heavy atom. The lowest BCUT2D eigenvalue weighted by atomic mass is 10.2. The van der Waals surface area contributed by atoms with Gasteiger partial charge in [0.2, 0.25) is 5.91 Å². The van der Waals surface area contributed by atoms with Crippen LogP contribution >= 0.6 is 0 Å². The summed E-state index contributed by atoms with van der Waals surface area (Å²) in [4.78, 5) is 24.5. The average molecular weight is 422 g/mol. The molecule has 3 aromatic rings. The van der Waals surface area contributed by atoms with Crippen molar-refractivity contribution in [1.29, 1.82) is 0 Å². The number of para-hydroxylation sites is 1. The Balaban J connectivity index is 1.32. The van der Waals surface area contributed by atoms with Crippen molar-refractivity contribution in [3.8, 4) is 5.75 Å². The number of fused-ring (bicyclic) bond motifs is 1. The first-order valence-electron chi connectivity index (χ1n) is 10.4. The molecule has 7 heteroatoms. The number of benzene rings is 2. The number of methoxy groups -OCH3 is 1. The molecule has 0 spiro atoms. The van der Waals surface area contributed by atoms with Gasteiger partial charge in [0.1, 0.15) is 18.9 Å². The van der Waals surface area contributed by atoms with Gasteiger partial charge in [0.05, 0.1) is 18.8 Å². The van der Waals surface area contributed by atoms with E-state index in [-0.39, 0.29) is 18.6 Å². The lowest BCUT2D eigenvalue weighted by Crippen LogP contribution is -2.26. The van der Waals surface area contributed by atoms with E-state index in [4.69, 9.17) is 14.2 Å². The van der Waals surface area contributed by atoms with Gasteiger partial charge in [-0.1, -0.05) is 30.3 Å². The SMILES string of the molecule is COC(=O)c1cn(CC(=O)NCc2ccc(OCC3CCCO3)cc2)c2ccccc12. The Bertz CT molecular complexity index is 1050. The van der Waals surface area contributed by atoms with Crippen LogP contribution in [0.2, 0.25) is 0 Å². The smallest absolute Gasteiger partial charge is 0.340 e. The molecule has 1 unspecified atom stereocenters. The van der Waals surface area contributed by atoms with Crippen LogP contribution < -0.4 is 10.1 Å². The summed E-state index contributed by atoms with van der Waals surface area (Å²) in [5.41, 5.74) is 2.24. The van der Waals surface area contributed by atoms with Gasteiger partial charge >= 0.3 is 5.97 Å². The minimum atomic E-state index is -0.419. The third-order valence-corrected chi connectivity index (χ3v) is 5.38. The fourth-order valence-corrected chi connectivity index (χ4v) is 3.73. The molecule has 1 amide bonds. The topological polar surface area (TPSA) is 78.8 Å². The molecule has 31 heavy (non-hydrogen) atoms. The summed E-state index contributed by atoms with van der Waals surface area (Å²) in [6, 6.07) is 15.1. The zero-order valence-electron chi connectivity index (χ0n) is 17.5.